The molecule has 1 N–H and O–H groups in total. The third kappa shape index (κ3) is 3.29. The molecule has 0 radical (unpaired) electrons. The number of halogens is 2. The molecule has 1 rings (SSSR count). The van der Waals surface area contributed by atoms with E-state index < -0.39 is 0 Å². The van der Waals surface area contributed by atoms with Crippen molar-refractivity contribution in [3.05, 3.63) is 34.6 Å². The fraction of sp³-hybridized carbons (Fsp3) is 0.364. The maximum atomic E-state index is 12.9. The van der Waals surface area contributed by atoms with Gasteiger partial charge in [-0.2, -0.15) is 0 Å². The fourth-order valence-corrected chi connectivity index (χ4v) is 1.36. The summed E-state index contributed by atoms with van der Waals surface area (Å²) in [5, 5.41) is 3.26. The maximum absolute atomic E-state index is 12.9. The number of nitrogens with one attached hydrogen (secondary N) is 1. The van der Waals surface area contributed by atoms with Crippen molar-refractivity contribution < 1.29 is 9.18 Å². The van der Waals surface area contributed by atoms with Gasteiger partial charge in [-0.25, -0.2) is 4.39 Å². The van der Waals surface area contributed by atoms with Gasteiger partial charge in [0.2, 0.25) is 0 Å². The molecule has 0 heterocycles. The monoisotopic (exact) mass is 229 g/mol. The molecule has 1 atom stereocenters. The maximum Gasteiger partial charge on any atom is 0.153 e. The molecular formula is C11H13ClFNO. The van der Waals surface area contributed by atoms with E-state index in [2.05, 4.69) is 5.32 Å². The number of Topliss-reactive ketones (excluding diaryl/α,β-unsaturated/α-hetero) is 1. The Kier molecular flexibility index (Phi) is 4.24. The Bertz CT molecular complexity index is 368. The number of carbonyl (C=O) groups is 1. The molecule has 0 aromatic heterocycles. The van der Waals surface area contributed by atoms with E-state index in [1.807, 2.05) is 0 Å². The second-order valence-electron chi connectivity index (χ2n) is 3.39. The van der Waals surface area contributed by atoms with Crippen LogP contribution in [0.4, 0.5) is 4.39 Å². The van der Waals surface area contributed by atoms with Gasteiger partial charge in [0.15, 0.2) is 5.78 Å². The second kappa shape index (κ2) is 5.24. The van der Waals surface area contributed by atoms with Crippen LogP contribution in [0.2, 0.25) is 5.02 Å². The summed E-state index contributed by atoms with van der Waals surface area (Å²) in [5.74, 6) is -0.385. The van der Waals surface area contributed by atoms with E-state index in [0.29, 0.717) is 10.6 Å². The molecule has 1 unspecified atom stereocenters. The van der Waals surface area contributed by atoms with E-state index in [1.54, 1.807) is 14.0 Å². The Labute approximate surface area is 93.4 Å². The summed E-state index contributed by atoms with van der Waals surface area (Å²) in [6, 6.07) is 3.79. The Morgan fingerprint density at radius 2 is 2.27 bits per heavy atom. The molecule has 1 aromatic carbocycles. The predicted molar refractivity (Wildman–Crippen MR) is 58.6 cm³/mol. The number of ketones is 1. The summed E-state index contributed by atoms with van der Waals surface area (Å²) in [5.41, 5.74) is 0.531. The first-order valence-electron chi connectivity index (χ1n) is 4.68. The van der Waals surface area contributed by atoms with Crippen LogP contribution in [0.25, 0.3) is 0 Å². The van der Waals surface area contributed by atoms with Crippen LogP contribution in [-0.2, 0) is 11.2 Å². The molecule has 0 aliphatic carbocycles. The average Bonchev–Trinajstić information content (AvgIpc) is 2.22. The lowest BCUT2D eigenvalue weighted by Crippen LogP contribution is -2.31. The summed E-state index contributed by atoms with van der Waals surface area (Å²) in [6.45, 7) is 1.76. The Morgan fingerprint density at radius 3 is 2.87 bits per heavy atom. The molecule has 0 saturated heterocycles. The summed E-state index contributed by atoms with van der Waals surface area (Å²) >= 11 is 5.85. The van der Waals surface area contributed by atoms with Crippen molar-refractivity contribution in [2.75, 3.05) is 7.05 Å². The highest BCUT2D eigenvalue weighted by Crippen LogP contribution is 2.18. The van der Waals surface area contributed by atoms with Crippen molar-refractivity contribution in [3.8, 4) is 0 Å². The number of benzene rings is 1. The standard InChI is InChI=1S/C11H13ClFNO/c1-7(14-2)11(15)6-8-5-9(13)3-4-10(8)12/h3-5,7,14H,6H2,1-2H3. The molecule has 0 bridgehead atoms. The summed E-state index contributed by atoms with van der Waals surface area (Å²) in [4.78, 5) is 11.6. The van der Waals surface area contributed by atoms with Crippen molar-refractivity contribution in [3.63, 3.8) is 0 Å². The smallest absolute Gasteiger partial charge is 0.153 e. The SMILES string of the molecule is CNC(C)C(=O)Cc1cc(F)ccc1Cl. The fourth-order valence-electron chi connectivity index (χ4n) is 1.18. The third-order valence-corrected chi connectivity index (χ3v) is 2.66. The van der Waals surface area contributed by atoms with Gasteiger partial charge in [0.1, 0.15) is 5.82 Å². The molecule has 2 nitrogen and oxygen atoms in total. The quantitative estimate of drug-likeness (QED) is 0.858. The molecule has 0 fully saturated rings. The van der Waals surface area contributed by atoms with Crippen LogP contribution in [-0.4, -0.2) is 18.9 Å². The minimum absolute atomic E-state index is 0.00926. The van der Waals surface area contributed by atoms with Crippen molar-refractivity contribution >= 4 is 17.4 Å². The highest BCUT2D eigenvalue weighted by molar-refractivity contribution is 6.31. The zero-order valence-electron chi connectivity index (χ0n) is 8.68. The van der Waals surface area contributed by atoms with Gasteiger partial charge in [-0.1, -0.05) is 11.6 Å². The lowest BCUT2D eigenvalue weighted by molar-refractivity contribution is -0.119. The summed E-state index contributed by atoms with van der Waals surface area (Å²) in [7, 11) is 1.70. The van der Waals surface area contributed by atoms with Gasteiger partial charge in [-0.15, -0.1) is 0 Å². The van der Waals surface area contributed by atoms with Gasteiger partial charge in [-0.05, 0) is 37.7 Å². The van der Waals surface area contributed by atoms with Crippen LogP contribution in [0.5, 0.6) is 0 Å². The zero-order chi connectivity index (χ0) is 11.4. The summed E-state index contributed by atoms with van der Waals surface area (Å²) in [6.07, 6.45) is 0.151. The number of rotatable bonds is 4. The Hall–Kier alpha value is -0.930. The van der Waals surface area contributed by atoms with Crippen molar-refractivity contribution in [2.45, 2.75) is 19.4 Å². The molecule has 4 heteroatoms. The van der Waals surface area contributed by atoms with Gasteiger partial charge >= 0.3 is 0 Å². The van der Waals surface area contributed by atoms with E-state index in [0.717, 1.165) is 0 Å². The van der Waals surface area contributed by atoms with Gasteiger partial charge in [0.25, 0.3) is 0 Å². The van der Waals surface area contributed by atoms with Gasteiger partial charge in [0, 0.05) is 11.4 Å². The first-order valence-corrected chi connectivity index (χ1v) is 5.06. The molecule has 1 aromatic rings. The zero-order valence-corrected chi connectivity index (χ0v) is 9.44. The molecule has 0 aliphatic heterocycles. The molecular weight excluding hydrogens is 217 g/mol. The highest BCUT2D eigenvalue weighted by Gasteiger charge is 2.13. The van der Waals surface area contributed by atoms with Crippen molar-refractivity contribution in [1.29, 1.82) is 0 Å². The lowest BCUT2D eigenvalue weighted by atomic mass is 10.0. The van der Waals surface area contributed by atoms with Crippen LogP contribution < -0.4 is 5.32 Å². The van der Waals surface area contributed by atoms with E-state index in [9.17, 15) is 9.18 Å². The largest absolute Gasteiger partial charge is 0.311 e. The molecule has 0 spiro atoms. The van der Waals surface area contributed by atoms with E-state index in [-0.39, 0.29) is 24.1 Å². The molecule has 15 heavy (non-hydrogen) atoms. The third-order valence-electron chi connectivity index (χ3n) is 2.29. The van der Waals surface area contributed by atoms with Gasteiger partial charge in [0.05, 0.1) is 6.04 Å². The molecule has 0 amide bonds. The van der Waals surface area contributed by atoms with E-state index in [1.165, 1.54) is 18.2 Å². The molecule has 0 aliphatic rings. The van der Waals surface area contributed by atoms with Crippen LogP contribution >= 0.6 is 11.6 Å². The number of hydrogen-bond donors (Lipinski definition) is 1. The van der Waals surface area contributed by atoms with E-state index in [4.69, 9.17) is 11.6 Å². The Balaban J connectivity index is 2.80. The van der Waals surface area contributed by atoms with Crippen LogP contribution in [0.1, 0.15) is 12.5 Å². The highest BCUT2D eigenvalue weighted by atomic mass is 35.5. The van der Waals surface area contributed by atoms with Crippen molar-refractivity contribution in [2.24, 2.45) is 0 Å². The summed E-state index contributed by atoms with van der Waals surface area (Å²) < 4.78 is 12.9. The van der Waals surface area contributed by atoms with Gasteiger partial charge < -0.3 is 5.32 Å². The second-order valence-corrected chi connectivity index (χ2v) is 3.80. The van der Waals surface area contributed by atoms with Crippen LogP contribution in [0.3, 0.4) is 0 Å². The lowest BCUT2D eigenvalue weighted by Gasteiger charge is -2.09. The van der Waals surface area contributed by atoms with Gasteiger partial charge in [-0.3, -0.25) is 4.79 Å². The minimum atomic E-state index is -0.376. The topological polar surface area (TPSA) is 29.1 Å². The average molecular weight is 230 g/mol. The normalized spacial score (nSPS) is 12.5. The Morgan fingerprint density at radius 1 is 1.60 bits per heavy atom. The van der Waals surface area contributed by atoms with E-state index >= 15 is 0 Å². The number of hydrogen-bond acceptors (Lipinski definition) is 2. The molecule has 82 valence electrons. The first kappa shape index (κ1) is 12.1. The molecule has 0 saturated carbocycles. The minimum Gasteiger partial charge on any atom is -0.311 e. The first-order chi connectivity index (χ1) is 7.04. The predicted octanol–water partition coefficient (Wildman–Crippen LogP) is 2.20. The number of carbonyl (C=O) groups excluding carboxylic acids is 1. The van der Waals surface area contributed by atoms with Crippen LogP contribution in [0.15, 0.2) is 18.2 Å². The van der Waals surface area contributed by atoms with Crippen LogP contribution in [0, 0.1) is 5.82 Å². The van der Waals surface area contributed by atoms with Crippen molar-refractivity contribution in [1.82, 2.24) is 5.32 Å². The number of likely N-dealkylation sites (N-methyl/N-ethyl adjacent to an activating group) is 1.